The van der Waals surface area contributed by atoms with Gasteiger partial charge in [-0.2, -0.15) is 0 Å². The molecule has 2 aromatic heterocycles. The number of likely N-dealkylation sites (tertiary alicyclic amines) is 1. The minimum atomic E-state index is -0.662. The van der Waals surface area contributed by atoms with Crippen molar-refractivity contribution in [1.82, 2.24) is 10.1 Å². The van der Waals surface area contributed by atoms with Crippen molar-refractivity contribution < 1.29 is 19.2 Å². The summed E-state index contributed by atoms with van der Waals surface area (Å²) in [6.07, 6.45) is 4.27. The van der Waals surface area contributed by atoms with E-state index in [4.69, 9.17) is 10.3 Å². The first kappa shape index (κ1) is 20.7. The molecule has 1 fully saturated rings. The van der Waals surface area contributed by atoms with Gasteiger partial charge in [0, 0.05) is 19.0 Å². The standard InChI is InChI=1S/C20H27N3O4S/c21-20(26)14-8-10-23(13-17(14)25)9-4-2-1-3-6-16(24)15-12-18(27-22-15)19-7-5-11-28-19/h5,7,11-12,14,17,25H,1-4,6,8-10,13H2,(H2,21,26)/t14-,17+/m1/s1. The summed E-state index contributed by atoms with van der Waals surface area (Å²) in [5, 5.41) is 15.8. The number of nitrogens with zero attached hydrogens (tertiary/aromatic N) is 2. The van der Waals surface area contributed by atoms with E-state index in [1.165, 1.54) is 0 Å². The van der Waals surface area contributed by atoms with Crippen molar-refractivity contribution in [3.63, 3.8) is 0 Å². The molecule has 0 radical (unpaired) electrons. The van der Waals surface area contributed by atoms with Crippen LogP contribution in [0.3, 0.4) is 0 Å². The van der Waals surface area contributed by atoms with Crippen LogP contribution in [0, 0.1) is 5.92 Å². The number of unbranched alkanes of at least 4 members (excludes halogenated alkanes) is 3. The predicted octanol–water partition coefficient (Wildman–Crippen LogP) is 2.70. The molecule has 7 nitrogen and oxygen atoms in total. The molecule has 1 aliphatic heterocycles. The van der Waals surface area contributed by atoms with Gasteiger partial charge in [0.1, 0.15) is 5.69 Å². The molecule has 2 atom stereocenters. The molecule has 0 unspecified atom stereocenters. The third kappa shape index (κ3) is 5.50. The maximum absolute atomic E-state index is 12.2. The maximum Gasteiger partial charge on any atom is 0.223 e. The summed E-state index contributed by atoms with van der Waals surface area (Å²) in [5.41, 5.74) is 5.69. The average Bonchev–Trinajstić information content (AvgIpc) is 3.35. The molecule has 152 valence electrons. The Bertz CT molecular complexity index is 774. The van der Waals surface area contributed by atoms with Gasteiger partial charge in [0.05, 0.1) is 16.9 Å². The van der Waals surface area contributed by atoms with Crippen molar-refractivity contribution in [1.29, 1.82) is 0 Å². The lowest BCUT2D eigenvalue weighted by molar-refractivity contribution is -0.128. The van der Waals surface area contributed by atoms with E-state index >= 15 is 0 Å². The number of rotatable bonds is 10. The van der Waals surface area contributed by atoms with Crippen molar-refractivity contribution in [2.75, 3.05) is 19.6 Å². The van der Waals surface area contributed by atoms with E-state index in [1.807, 2.05) is 17.5 Å². The monoisotopic (exact) mass is 405 g/mol. The number of hydrogen-bond acceptors (Lipinski definition) is 7. The summed E-state index contributed by atoms with van der Waals surface area (Å²) < 4.78 is 5.26. The predicted molar refractivity (Wildman–Crippen MR) is 107 cm³/mol. The number of hydrogen-bond donors (Lipinski definition) is 2. The molecule has 8 heteroatoms. The number of amides is 1. The zero-order valence-electron chi connectivity index (χ0n) is 15.9. The van der Waals surface area contributed by atoms with Crippen LogP contribution < -0.4 is 5.73 Å². The first-order valence-corrected chi connectivity index (χ1v) is 10.7. The Balaban J connectivity index is 1.29. The highest BCUT2D eigenvalue weighted by atomic mass is 32.1. The smallest absolute Gasteiger partial charge is 0.223 e. The highest BCUT2D eigenvalue weighted by Gasteiger charge is 2.31. The van der Waals surface area contributed by atoms with Gasteiger partial charge in [0.25, 0.3) is 0 Å². The van der Waals surface area contributed by atoms with Crippen molar-refractivity contribution in [3.05, 3.63) is 29.3 Å². The molecular weight excluding hydrogens is 378 g/mol. The van der Waals surface area contributed by atoms with E-state index in [-0.39, 0.29) is 5.78 Å². The highest BCUT2D eigenvalue weighted by Crippen LogP contribution is 2.25. The summed E-state index contributed by atoms with van der Waals surface area (Å²) in [6.45, 7) is 2.19. The minimum Gasteiger partial charge on any atom is -0.391 e. The lowest BCUT2D eigenvalue weighted by Crippen LogP contribution is -2.48. The number of piperidine rings is 1. The Labute approximate surface area is 168 Å². The summed E-state index contributed by atoms with van der Waals surface area (Å²) >= 11 is 1.55. The minimum absolute atomic E-state index is 0.0169. The molecule has 0 aliphatic carbocycles. The van der Waals surface area contributed by atoms with E-state index in [0.717, 1.165) is 43.6 Å². The third-order valence-electron chi connectivity index (χ3n) is 5.22. The maximum atomic E-state index is 12.2. The Morgan fingerprint density at radius 3 is 2.86 bits per heavy atom. The van der Waals surface area contributed by atoms with Crippen molar-refractivity contribution in [3.8, 4) is 10.6 Å². The Morgan fingerprint density at radius 1 is 1.32 bits per heavy atom. The van der Waals surface area contributed by atoms with Crippen molar-refractivity contribution in [2.24, 2.45) is 11.7 Å². The van der Waals surface area contributed by atoms with Crippen LogP contribution in [-0.2, 0) is 4.79 Å². The molecule has 2 aromatic rings. The number of primary amides is 1. The number of carbonyl (C=O) groups is 2. The second-order valence-corrected chi connectivity index (χ2v) is 8.25. The zero-order chi connectivity index (χ0) is 19.9. The summed E-state index contributed by atoms with van der Waals surface area (Å²) in [6, 6.07) is 5.59. The quantitative estimate of drug-likeness (QED) is 0.465. The largest absolute Gasteiger partial charge is 0.391 e. The summed E-state index contributed by atoms with van der Waals surface area (Å²) in [5.74, 6) is -0.172. The SMILES string of the molecule is NC(=O)[C@@H]1CCN(CCCCCCC(=O)c2cc(-c3cccs3)on2)C[C@@H]1O. The van der Waals surface area contributed by atoms with Crippen LogP contribution in [0.1, 0.15) is 49.0 Å². The average molecular weight is 406 g/mol. The number of aromatic nitrogens is 1. The number of aliphatic hydroxyl groups is 1. The molecule has 1 aliphatic rings. The Hall–Kier alpha value is -2.03. The Kier molecular flexibility index (Phi) is 7.36. The van der Waals surface area contributed by atoms with E-state index in [2.05, 4.69) is 10.1 Å². The Morgan fingerprint density at radius 2 is 2.14 bits per heavy atom. The highest BCUT2D eigenvalue weighted by molar-refractivity contribution is 7.13. The van der Waals surface area contributed by atoms with Gasteiger partial charge in [0.15, 0.2) is 11.5 Å². The molecule has 1 saturated heterocycles. The molecule has 0 aromatic carbocycles. The second kappa shape index (κ2) is 9.95. The number of ketones is 1. The van der Waals surface area contributed by atoms with Gasteiger partial charge in [-0.1, -0.05) is 24.1 Å². The molecule has 0 spiro atoms. The first-order chi connectivity index (χ1) is 13.5. The number of β-amino-alcohol motifs (C(OH)–C–C–N with tert-alkyl or cyclic N) is 1. The van der Waals surface area contributed by atoms with Crippen LogP contribution in [0.4, 0.5) is 0 Å². The fourth-order valence-corrected chi connectivity index (χ4v) is 4.25. The van der Waals surface area contributed by atoms with Crippen LogP contribution in [0.2, 0.25) is 0 Å². The molecule has 0 saturated carbocycles. The number of aliphatic hydroxyl groups excluding tert-OH is 1. The molecule has 28 heavy (non-hydrogen) atoms. The van der Waals surface area contributed by atoms with Gasteiger partial charge >= 0.3 is 0 Å². The van der Waals surface area contributed by atoms with Crippen LogP contribution in [0.15, 0.2) is 28.1 Å². The molecule has 3 rings (SSSR count). The lowest BCUT2D eigenvalue weighted by atomic mass is 9.93. The van der Waals surface area contributed by atoms with Crippen LogP contribution in [0.25, 0.3) is 10.6 Å². The van der Waals surface area contributed by atoms with E-state index in [0.29, 0.717) is 30.8 Å². The first-order valence-electron chi connectivity index (χ1n) is 9.78. The van der Waals surface area contributed by atoms with Crippen LogP contribution in [0.5, 0.6) is 0 Å². The fraction of sp³-hybridized carbons (Fsp3) is 0.550. The zero-order valence-corrected chi connectivity index (χ0v) is 16.7. The second-order valence-electron chi connectivity index (χ2n) is 7.31. The van der Waals surface area contributed by atoms with Gasteiger partial charge in [-0.25, -0.2) is 0 Å². The molecule has 3 N–H and O–H groups in total. The van der Waals surface area contributed by atoms with Gasteiger partial charge < -0.3 is 20.3 Å². The molecule has 0 bridgehead atoms. The van der Waals surface area contributed by atoms with E-state index in [9.17, 15) is 14.7 Å². The van der Waals surface area contributed by atoms with Crippen LogP contribution in [-0.4, -0.2) is 52.6 Å². The number of thiophene rings is 1. The van der Waals surface area contributed by atoms with Crippen LogP contribution >= 0.6 is 11.3 Å². The molecule has 1 amide bonds. The topological polar surface area (TPSA) is 110 Å². The molecular formula is C20H27N3O4S. The lowest BCUT2D eigenvalue weighted by Gasteiger charge is -2.34. The third-order valence-corrected chi connectivity index (χ3v) is 6.10. The van der Waals surface area contributed by atoms with Gasteiger partial charge in [0.2, 0.25) is 5.91 Å². The van der Waals surface area contributed by atoms with E-state index < -0.39 is 17.9 Å². The fourth-order valence-electron chi connectivity index (χ4n) is 3.58. The number of nitrogens with two attached hydrogens (primary N) is 1. The number of Topliss-reactive ketones (excluding diaryl/α,β-unsaturated/α-hetero) is 1. The summed E-state index contributed by atoms with van der Waals surface area (Å²) in [4.78, 5) is 26.6. The number of carbonyl (C=O) groups excluding carboxylic acids is 2. The van der Waals surface area contributed by atoms with Gasteiger partial charge in [-0.15, -0.1) is 11.3 Å². The van der Waals surface area contributed by atoms with Crippen molar-refractivity contribution >= 4 is 23.0 Å². The normalized spacial score (nSPS) is 20.3. The van der Waals surface area contributed by atoms with Gasteiger partial charge in [-0.3, -0.25) is 9.59 Å². The van der Waals surface area contributed by atoms with Gasteiger partial charge in [-0.05, 0) is 43.8 Å². The van der Waals surface area contributed by atoms with E-state index in [1.54, 1.807) is 17.4 Å². The van der Waals surface area contributed by atoms with Crippen molar-refractivity contribution in [2.45, 2.75) is 44.6 Å². The molecule has 3 heterocycles. The summed E-state index contributed by atoms with van der Waals surface area (Å²) in [7, 11) is 0.